The molecule has 122 valence electrons. The summed E-state index contributed by atoms with van der Waals surface area (Å²) in [6.07, 6.45) is 0.433. The van der Waals surface area contributed by atoms with Crippen molar-refractivity contribution in [2.75, 3.05) is 20.3 Å². The summed E-state index contributed by atoms with van der Waals surface area (Å²) < 4.78 is 10.2. The number of benzene rings is 2. The van der Waals surface area contributed by atoms with Crippen molar-refractivity contribution in [3.05, 3.63) is 52.1 Å². The van der Waals surface area contributed by atoms with E-state index in [0.29, 0.717) is 0 Å². The Balaban J connectivity index is 1.86. The molecule has 0 amide bonds. The minimum Gasteiger partial charge on any atom is -0.497 e. The van der Waals surface area contributed by atoms with Crippen molar-refractivity contribution < 1.29 is 24.2 Å². The number of esters is 1. The minimum absolute atomic E-state index is 0.0852. The lowest BCUT2D eigenvalue weighted by Gasteiger charge is -2.07. The van der Waals surface area contributed by atoms with E-state index in [2.05, 4.69) is 4.84 Å². The second-order valence-electron chi connectivity index (χ2n) is 4.86. The smallest absolute Gasteiger partial charge is 0.310 e. The van der Waals surface area contributed by atoms with Crippen LogP contribution < -0.4 is 4.74 Å². The van der Waals surface area contributed by atoms with Gasteiger partial charge in [0.1, 0.15) is 5.75 Å². The highest BCUT2D eigenvalue weighted by atomic mass is 16.9. The molecule has 23 heavy (non-hydrogen) atoms. The third kappa shape index (κ3) is 5.14. The predicted molar refractivity (Wildman–Crippen MR) is 82.7 cm³/mol. The minimum atomic E-state index is -0.869. The summed E-state index contributed by atoms with van der Waals surface area (Å²) in [6, 6.07) is 11.4. The summed E-state index contributed by atoms with van der Waals surface area (Å²) in [4.78, 5) is 25.8. The van der Waals surface area contributed by atoms with Crippen molar-refractivity contribution in [1.82, 2.24) is 0 Å². The monoisotopic (exact) mass is 319 g/mol. The van der Waals surface area contributed by atoms with E-state index in [1.807, 2.05) is 36.4 Å². The van der Waals surface area contributed by atoms with Gasteiger partial charge in [0.2, 0.25) is 0 Å². The maximum absolute atomic E-state index is 11.7. The van der Waals surface area contributed by atoms with E-state index in [-0.39, 0.29) is 32.0 Å². The molecule has 0 atom stereocenters. The summed E-state index contributed by atoms with van der Waals surface area (Å²) in [5.74, 6) is 0.403. The van der Waals surface area contributed by atoms with Gasteiger partial charge in [0.05, 0.1) is 26.7 Å². The van der Waals surface area contributed by atoms with Gasteiger partial charge in [0.25, 0.3) is 5.09 Å². The first kappa shape index (κ1) is 16.5. The van der Waals surface area contributed by atoms with Gasteiger partial charge in [-0.05, 0) is 28.5 Å². The molecule has 0 radical (unpaired) electrons. The number of ether oxygens (including phenoxy) is 2. The van der Waals surface area contributed by atoms with E-state index in [9.17, 15) is 14.9 Å². The number of hydrogen-bond donors (Lipinski definition) is 0. The Labute approximate surface area is 132 Å². The van der Waals surface area contributed by atoms with Gasteiger partial charge >= 0.3 is 5.97 Å². The molecular weight excluding hydrogens is 302 g/mol. The maximum Gasteiger partial charge on any atom is 0.310 e. The van der Waals surface area contributed by atoms with E-state index in [1.54, 1.807) is 7.11 Å². The Morgan fingerprint density at radius 1 is 1.13 bits per heavy atom. The number of carbonyl (C=O) groups is 1. The summed E-state index contributed by atoms with van der Waals surface area (Å²) in [5, 5.41) is 11.1. The fraction of sp³-hybridized carbons (Fsp3) is 0.312. The Hall–Kier alpha value is -2.83. The summed E-state index contributed by atoms with van der Waals surface area (Å²) in [5.41, 5.74) is 0.842. The fourth-order valence-corrected chi connectivity index (χ4v) is 2.11. The van der Waals surface area contributed by atoms with Crippen LogP contribution >= 0.6 is 0 Å². The van der Waals surface area contributed by atoms with Crippen LogP contribution in [0.5, 0.6) is 5.75 Å². The molecule has 0 N–H and O–H groups in total. The molecule has 0 unspecified atom stereocenters. The molecule has 0 aliphatic heterocycles. The first-order chi connectivity index (χ1) is 11.1. The normalized spacial score (nSPS) is 10.3. The zero-order valence-corrected chi connectivity index (χ0v) is 12.7. The Morgan fingerprint density at radius 3 is 2.61 bits per heavy atom. The third-order valence-electron chi connectivity index (χ3n) is 3.21. The standard InChI is InChI=1S/C16H17NO6/c1-21-15-6-5-13-9-12(3-4-14(13)11-15)10-16(18)22-7-2-8-23-17(19)20/h3-6,9,11H,2,7-8,10H2,1H3. The van der Waals surface area contributed by atoms with Crippen molar-refractivity contribution >= 4 is 16.7 Å². The van der Waals surface area contributed by atoms with Gasteiger partial charge in [-0.25, -0.2) is 0 Å². The van der Waals surface area contributed by atoms with Crippen LogP contribution in [0.15, 0.2) is 36.4 Å². The lowest BCUT2D eigenvalue weighted by Crippen LogP contribution is -2.11. The number of fused-ring (bicyclic) bond motifs is 1. The zero-order valence-electron chi connectivity index (χ0n) is 12.7. The molecule has 0 aliphatic rings. The Bertz CT molecular complexity index is 700. The van der Waals surface area contributed by atoms with Crippen LogP contribution in [0.1, 0.15) is 12.0 Å². The van der Waals surface area contributed by atoms with Crippen LogP contribution in [0, 0.1) is 10.1 Å². The van der Waals surface area contributed by atoms with Gasteiger partial charge < -0.3 is 14.3 Å². The molecule has 0 heterocycles. The topological polar surface area (TPSA) is 87.9 Å². The van der Waals surface area contributed by atoms with Crippen LogP contribution in [0.2, 0.25) is 0 Å². The molecule has 7 heteroatoms. The number of carbonyl (C=O) groups excluding carboxylic acids is 1. The quantitative estimate of drug-likeness (QED) is 0.321. The molecule has 0 spiro atoms. The number of nitrogens with zero attached hydrogens (tertiary/aromatic N) is 1. The average molecular weight is 319 g/mol. The van der Waals surface area contributed by atoms with E-state index in [4.69, 9.17) is 9.47 Å². The second kappa shape index (κ2) is 7.98. The second-order valence-corrected chi connectivity index (χ2v) is 4.86. The van der Waals surface area contributed by atoms with Gasteiger partial charge in [-0.15, -0.1) is 10.1 Å². The van der Waals surface area contributed by atoms with E-state index in [0.717, 1.165) is 22.1 Å². The molecular formula is C16H17NO6. The number of rotatable bonds is 8. The SMILES string of the molecule is COc1ccc2cc(CC(=O)OCCCO[N+](=O)[O-])ccc2c1. The van der Waals surface area contributed by atoms with Gasteiger partial charge in [-0.2, -0.15) is 0 Å². The molecule has 0 aliphatic carbocycles. The van der Waals surface area contributed by atoms with Crippen molar-refractivity contribution in [3.63, 3.8) is 0 Å². The third-order valence-corrected chi connectivity index (χ3v) is 3.21. The highest BCUT2D eigenvalue weighted by molar-refractivity contribution is 5.85. The van der Waals surface area contributed by atoms with Crippen LogP contribution in [-0.4, -0.2) is 31.4 Å². The summed E-state index contributed by atoms with van der Waals surface area (Å²) >= 11 is 0. The van der Waals surface area contributed by atoms with Gasteiger partial charge in [-0.1, -0.05) is 24.3 Å². The predicted octanol–water partition coefficient (Wildman–Crippen LogP) is 2.53. The molecule has 2 rings (SSSR count). The van der Waals surface area contributed by atoms with Crippen molar-refractivity contribution in [2.45, 2.75) is 12.8 Å². The molecule has 0 saturated carbocycles. The van der Waals surface area contributed by atoms with E-state index in [1.165, 1.54) is 0 Å². The fourth-order valence-electron chi connectivity index (χ4n) is 2.11. The first-order valence-corrected chi connectivity index (χ1v) is 7.08. The number of methoxy groups -OCH3 is 1. The highest BCUT2D eigenvalue weighted by Gasteiger charge is 2.06. The molecule has 0 bridgehead atoms. The van der Waals surface area contributed by atoms with Gasteiger partial charge in [0.15, 0.2) is 0 Å². The molecule has 2 aromatic rings. The molecule has 0 aromatic heterocycles. The lowest BCUT2D eigenvalue weighted by atomic mass is 10.0. The average Bonchev–Trinajstić information content (AvgIpc) is 2.53. The Morgan fingerprint density at radius 2 is 1.87 bits per heavy atom. The largest absolute Gasteiger partial charge is 0.497 e. The molecule has 7 nitrogen and oxygen atoms in total. The summed E-state index contributed by atoms with van der Waals surface area (Å²) in [7, 11) is 1.61. The van der Waals surface area contributed by atoms with Gasteiger partial charge in [0, 0.05) is 6.42 Å². The van der Waals surface area contributed by atoms with Crippen molar-refractivity contribution in [3.8, 4) is 5.75 Å². The van der Waals surface area contributed by atoms with Crippen molar-refractivity contribution in [1.29, 1.82) is 0 Å². The summed E-state index contributed by atoms with van der Waals surface area (Å²) in [6.45, 7) is 0.00947. The Kier molecular flexibility index (Phi) is 5.74. The van der Waals surface area contributed by atoms with Crippen LogP contribution in [0.4, 0.5) is 0 Å². The van der Waals surface area contributed by atoms with Crippen LogP contribution in [0.3, 0.4) is 0 Å². The number of hydrogen-bond acceptors (Lipinski definition) is 6. The molecule has 2 aromatic carbocycles. The van der Waals surface area contributed by atoms with E-state index >= 15 is 0 Å². The van der Waals surface area contributed by atoms with E-state index < -0.39 is 5.09 Å². The lowest BCUT2D eigenvalue weighted by molar-refractivity contribution is -0.757. The van der Waals surface area contributed by atoms with Crippen LogP contribution in [0.25, 0.3) is 10.8 Å². The van der Waals surface area contributed by atoms with Crippen molar-refractivity contribution in [2.24, 2.45) is 0 Å². The first-order valence-electron chi connectivity index (χ1n) is 7.08. The zero-order chi connectivity index (χ0) is 16.7. The molecule has 0 saturated heterocycles. The van der Waals surface area contributed by atoms with Gasteiger partial charge in [-0.3, -0.25) is 4.79 Å². The van der Waals surface area contributed by atoms with Crippen LogP contribution in [-0.2, 0) is 20.8 Å². The molecule has 0 fully saturated rings. The highest BCUT2D eigenvalue weighted by Crippen LogP contribution is 2.22. The maximum atomic E-state index is 11.7.